The highest BCUT2D eigenvalue weighted by atomic mass is 32.2. The summed E-state index contributed by atoms with van der Waals surface area (Å²) in [6.45, 7) is 0.866. The zero-order valence-electron chi connectivity index (χ0n) is 11.1. The van der Waals surface area contributed by atoms with E-state index < -0.39 is 10.1 Å². The molecule has 2 rings (SSSR count). The third kappa shape index (κ3) is 4.14. The van der Waals surface area contributed by atoms with E-state index in [1.807, 2.05) is 0 Å². The lowest BCUT2D eigenvalue weighted by molar-refractivity contribution is -0.0223. The molecule has 0 aliphatic carbocycles. The number of ether oxygens (including phenoxy) is 1. The van der Waals surface area contributed by atoms with Gasteiger partial charge in [-0.15, -0.1) is 0 Å². The topological polar surface area (TPSA) is 63.6 Å². The van der Waals surface area contributed by atoms with Crippen molar-refractivity contribution in [3.63, 3.8) is 0 Å². The van der Waals surface area contributed by atoms with Crippen LogP contribution < -0.4 is 0 Å². The van der Waals surface area contributed by atoms with E-state index in [1.54, 1.807) is 12.1 Å². The zero-order chi connectivity index (χ0) is 13.9. The van der Waals surface area contributed by atoms with Gasteiger partial charge < -0.3 is 4.74 Å². The standard InChI is InChI=1S/C13H20O4SSi/c14-18(15,16)12-5-3-11(4-6-12)7-9-13(19)8-1-2-10-17-13/h3-6H,1-2,7-10H2,19H3,(H,14,15,16). The molecule has 0 bridgehead atoms. The first-order chi connectivity index (χ1) is 8.89. The van der Waals surface area contributed by atoms with Gasteiger partial charge in [-0.3, -0.25) is 4.55 Å². The third-order valence-corrected chi connectivity index (χ3v) is 5.87. The molecule has 0 saturated carbocycles. The van der Waals surface area contributed by atoms with Crippen LogP contribution in [0.4, 0.5) is 0 Å². The molecule has 19 heavy (non-hydrogen) atoms. The summed E-state index contributed by atoms with van der Waals surface area (Å²) in [6, 6.07) is 6.42. The SMILES string of the molecule is O=S(=O)(O)c1ccc(CCC2([SiH3])CCCCO2)cc1. The Labute approximate surface area is 117 Å². The van der Waals surface area contributed by atoms with Gasteiger partial charge in [0.1, 0.15) is 0 Å². The molecule has 0 spiro atoms. The average Bonchev–Trinajstić information content (AvgIpc) is 2.37. The molecule has 0 amide bonds. The Hall–Kier alpha value is -0.693. The lowest BCUT2D eigenvalue weighted by Gasteiger charge is -2.34. The summed E-state index contributed by atoms with van der Waals surface area (Å²) >= 11 is 0. The van der Waals surface area contributed by atoms with E-state index in [0.717, 1.165) is 48.1 Å². The molecule has 1 aliphatic heterocycles. The van der Waals surface area contributed by atoms with E-state index in [9.17, 15) is 8.42 Å². The zero-order valence-corrected chi connectivity index (χ0v) is 13.9. The first-order valence-corrected chi connectivity index (χ1v) is 9.03. The van der Waals surface area contributed by atoms with Crippen molar-refractivity contribution in [2.45, 2.75) is 42.2 Å². The molecule has 1 heterocycles. The van der Waals surface area contributed by atoms with E-state index in [1.165, 1.54) is 18.6 Å². The van der Waals surface area contributed by atoms with Crippen LogP contribution in [0.3, 0.4) is 0 Å². The van der Waals surface area contributed by atoms with Gasteiger partial charge in [-0.1, -0.05) is 12.1 Å². The largest absolute Gasteiger partial charge is 0.380 e. The number of benzene rings is 1. The summed E-state index contributed by atoms with van der Waals surface area (Å²) in [4.78, 5) is -0.0502. The predicted molar refractivity (Wildman–Crippen MR) is 77.1 cm³/mol. The Morgan fingerprint density at radius 3 is 2.47 bits per heavy atom. The molecule has 1 saturated heterocycles. The first kappa shape index (κ1) is 14.7. The minimum Gasteiger partial charge on any atom is -0.380 e. The highest BCUT2D eigenvalue weighted by Gasteiger charge is 2.27. The normalized spacial score (nSPS) is 24.5. The molecule has 0 aromatic heterocycles. The van der Waals surface area contributed by atoms with E-state index in [2.05, 4.69) is 0 Å². The third-order valence-electron chi connectivity index (χ3n) is 3.71. The van der Waals surface area contributed by atoms with Crippen molar-refractivity contribution in [1.29, 1.82) is 0 Å². The van der Waals surface area contributed by atoms with Crippen LogP contribution in [0.15, 0.2) is 29.2 Å². The van der Waals surface area contributed by atoms with Crippen LogP contribution >= 0.6 is 0 Å². The minimum atomic E-state index is -4.08. The maximum Gasteiger partial charge on any atom is 0.294 e. The molecule has 4 nitrogen and oxygen atoms in total. The maximum atomic E-state index is 10.9. The number of aryl methyl sites for hydroxylation is 1. The summed E-state index contributed by atoms with van der Waals surface area (Å²) in [5.74, 6) is 0. The smallest absolute Gasteiger partial charge is 0.294 e. The van der Waals surface area contributed by atoms with Crippen LogP contribution in [0.25, 0.3) is 0 Å². The Morgan fingerprint density at radius 1 is 1.26 bits per heavy atom. The van der Waals surface area contributed by atoms with Gasteiger partial charge in [-0.25, -0.2) is 0 Å². The monoisotopic (exact) mass is 300 g/mol. The predicted octanol–water partition coefficient (Wildman–Crippen LogP) is 1.13. The number of hydrogen-bond acceptors (Lipinski definition) is 3. The Bertz CT molecular complexity index is 518. The summed E-state index contributed by atoms with van der Waals surface area (Å²) in [5.41, 5.74) is 1.08. The lowest BCUT2D eigenvalue weighted by atomic mass is 10.0. The molecule has 0 radical (unpaired) electrons. The molecule has 1 aromatic rings. The fourth-order valence-electron chi connectivity index (χ4n) is 2.43. The molecule has 1 aliphatic rings. The van der Waals surface area contributed by atoms with Crippen molar-refractivity contribution in [2.24, 2.45) is 0 Å². The number of rotatable bonds is 4. The summed E-state index contributed by atoms with van der Waals surface area (Å²) < 4.78 is 36.7. The fraction of sp³-hybridized carbons (Fsp3) is 0.538. The highest BCUT2D eigenvalue weighted by Crippen LogP contribution is 2.26. The van der Waals surface area contributed by atoms with Crippen molar-refractivity contribution >= 4 is 20.4 Å². The second-order valence-corrected chi connectivity index (χ2v) is 8.62. The Kier molecular flexibility index (Phi) is 4.45. The van der Waals surface area contributed by atoms with E-state index in [0.29, 0.717) is 0 Å². The van der Waals surface area contributed by atoms with Crippen LogP contribution in [0.5, 0.6) is 0 Å². The molecular weight excluding hydrogens is 280 g/mol. The molecule has 1 fully saturated rings. The van der Waals surface area contributed by atoms with Crippen molar-refractivity contribution in [2.75, 3.05) is 6.61 Å². The van der Waals surface area contributed by atoms with Crippen LogP contribution in [0, 0.1) is 0 Å². The van der Waals surface area contributed by atoms with Gasteiger partial charge in [-0.2, -0.15) is 8.42 Å². The molecule has 1 N–H and O–H groups in total. The Balaban J connectivity index is 1.96. The molecule has 1 atom stereocenters. The van der Waals surface area contributed by atoms with Gasteiger partial charge in [-0.05, 0) is 49.8 Å². The molecule has 1 aromatic carbocycles. The summed E-state index contributed by atoms with van der Waals surface area (Å²) in [6.07, 6.45) is 5.42. The van der Waals surface area contributed by atoms with Gasteiger partial charge in [0.05, 0.1) is 4.90 Å². The second kappa shape index (κ2) is 5.74. The van der Waals surface area contributed by atoms with Gasteiger partial charge >= 0.3 is 0 Å². The molecular formula is C13H20O4SSi. The van der Waals surface area contributed by atoms with E-state index in [4.69, 9.17) is 9.29 Å². The van der Waals surface area contributed by atoms with Crippen LogP contribution in [0.2, 0.25) is 0 Å². The maximum absolute atomic E-state index is 10.9. The average molecular weight is 300 g/mol. The van der Waals surface area contributed by atoms with Gasteiger partial charge in [0.15, 0.2) is 0 Å². The summed E-state index contributed by atoms with van der Waals surface area (Å²) in [7, 11) is -3.06. The van der Waals surface area contributed by atoms with E-state index in [-0.39, 0.29) is 10.1 Å². The quantitative estimate of drug-likeness (QED) is 0.669. The molecule has 106 valence electrons. The van der Waals surface area contributed by atoms with Gasteiger partial charge in [0.25, 0.3) is 10.1 Å². The van der Waals surface area contributed by atoms with Crippen molar-refractivity contribution in [3.8, 4) is 0 Å². The molecule has 1 unspecified atom stereocenters. The number of hydrogen-bond donors (Lipinski definition) is 1. The first-order valence-electron chi connectivity index (χ1n) is 6.59. The van der Waals surface area contributed by atoms with Crippen molar-refractivity contribution in [3.05, 3.63) is 29.8 Å². The highest BCUT2D eigenvalue weighted by molar-refractivity contribution is 7.85. The molecule has 6 heteroatoms. The van der Waals surface area contributed by atoms with Crippen molar-refractivity contribution < 1.29 is 17.7 Å². The Morgan fingerprint density at radius 2 is 1.95 bits per heavy atom. The van der Waals surface area contributed by atoms with Gasteiger partial charge in [0.2, 0.25) is 0 Å². The van der Waals surface area contributed by atoms with E-state index >= 15 is 0 Å². The minimum absolute atomic E-state index is 0.0502. The van der Waals surface area contributed by atoms with Crippen LogP contribution in [0.1, 0.15) is 31.2 Å². The summed E-state index contributed by atoms with van der Waals surface area (Å²) in [5, 5.41) is 0.0833. The van der Waals surface area contributed by atoms with Crippen LogP contribution in [-0.4, -0.2) is 35.0 Å². The van der Waals surface area contributed by atoms with Gasteiger partial charge in [0, 0.05) is 22.1 Å². The lowest BCUT2D eigenvalue weighted by Crippen LogP contribution is -2.37. The fourth-order valence-corrected chi connectivity index (χ4v) is 3.71. The van der Waals surface area contributed by atoms with Crippen LogP contribution in [-0.2, 0) is 21.3 Å². The second-order valence-electron chi connectivity index (χ2n) is 5.37. The van der Waals surface area contributed by atoms with Crippen molar-refractivity contribution in [1.82, 2.24) is 0 Å².